The largest absolute Gasteiger partial charge is 0.382 e. The van der Waals surface area contributed by atoms with Gasteiger partial charge in [-0.2, -0.15) is 0 Å². The maximum Gasteiger partial charge on any atom is 0.191 e. The fourth-order valence-electron chi connectivity index (χ4n) is 4.40. The van der Waals surface area contributed by atoms with Crippen molar-refractivity contribution in [2.45, 2.75) is 52.0 Å². The molecular formula is C21H36N4OS. The molecule has 0 spiro atoms. The highest BCUT2D eigenvalue weighted by molar-refractivity contribution is 7.10. The first kappa shape index (κ1) is 20.6. The molecule has 1 saturated carbocycles. The third-order valence-electron chi connectivity index (χ3n) is 6.11. The highest BCUT2D eigenvalue weighted by atomic mass is 32.1. The van der Waals surface area contributed by atoms with E-state index in [0.29, 0.717) is 5.41 Å². The van der Waals surface area contributed by atoms with Gasteiger partial charge in [0.2, 0.25) is 0 Å². The van der Waals surface area contributed by atoms with Crippen molar-refractivity contribution in [3.63, 3.8) is 0 Å². The van der Waals surface area contributed by atoms with Crippen molar-refractivity contribution in [2.24, 2.45) is 10.4 Å². The molecule has 0 unspecified atom stereocenters. The smallest absolute Gasteiger partial charge is 0.191 e. The summed E-state index contributed by atoms with van der Waals surface area (Å²) in [6, 6.07) is 2.28. The van der Waals surface area contributed by atoms with Gasteiger partial charge >= 0.3 is 0 Å². The minimum Gasteiger partial charge on any atom is -0.382 e. The van der Waals surface area contributed by atoms with Crippen LogP contribution in [0.5, 0.6) is 0 Å². The van der Waals surface area contributed by atoms with Crippen LogP contribution in [0.3, 0.4) is 0 Å². The Morgan fingerprint density at radius 2 is 2.19 bits per heavy atom. The number of fused-ring (bicyclic) bond motifs is 1. The standard InChI is InChI=1S/C21H36N4OS/c1-3-26-14-10-21(8-4-5-9-21)17-24-20(22-2)23-11-13-25-12-6-19-18(16-25)7-15-27-19/h7,15H,3-6,8-14,16-17H2,1-2H3,(H2,22,23,24). The second-order valence-corrected chi connectivity index (χ2v) is 8.90. The predicted molar refractivity (Wildman–Crippen MR) is 115 cm³/mol. The van der Waals surface area contributed by atoms with Crippen molar-refractivity contribution in [2.75, 3.05) is 46.4 Å². The van der Waals surface area contributed by atoms with Crippen LogP contribution in [0, 0.1) is 5.41 Å². The van der Waals surface area contributed by atoms with E-state index in [1.807, 2.05) is 18.4 Å². The highest BCUT2D eigenvalue weighted by Gasteiger charge is 2.33. The normalized spacial score (nSPS) is 19.9. The summed E-state index contributed by atoms with van der Waals surface area (Å²) in [5.74, 6) is 0.936. The molecular weight excluding hydrogens is 356 g/mol. The van der Waals surface area contributed by atoms with E-state index in [2.05, 4.69) is 38.9 Å². The van der Waals surface area contributed by atoms with E-state index in [1.54, 1.807) is 4.88 Å². The van der Waals surface area contributed by atoms with Gasteiger partial charge in [0.15, 0.2) is 5.96 Å². The number of hydrogen-bond acceptors (Lipinski definition) is 4. The molecule has 2 N–H and O–H groups in total. The zero-order chi connectivity index (χ0) is 19.0. The summed E-state index contributed by atoms with van der Waals surface area (Å²) in [4.78, 5) is 8.55. The summed E-state index contributed by atoms with van der Waals surface area (Å²) in [6.07, 6.45) is 7.66. The molecule has 27 heavy (non-hydrogen) atoms. The summed E-state index contributed by atoms with van der Waals surface area (Å²) in [6.45, 7) is 9.03. The van der Waals surface area contributed by atoms with Crippen LogP contribution < -0.4 is 10.6 Å². The summed E-state index contributed by atoms with van der Waals surface area (Å²) >= 11 is 1.90. The molecule has 1 aliphatic heterocycles. The average Bonchev–Trinajstić information content (AvgIpc) is 3.34. The van der Waals surface area contributed by atoms with Crippen LogP contribution in [0.4, 0.5) is 0 Å². The minimum atomic E-state index is 0.384. The molecule has 5 nitrogen and oxygen atoms in total. The second kappa shape index (κ2) is 10.4. The van der Waals surface area contributed by atoms with Crippen LogP contribution in [0.1, 0.15) is 49.5 Å². The average molecular weight is 393 g/mol. The molecule has 1 aromatic heterocycles. The van der Waals surface area contributed by atoms with Gasteiger partial charge < -0.3 is 15.4 Å². The fourth-order valence-corrected chi connectivity index (χ4v) is 5.28. The van der Waals surface area contributed by atoms with Crippen molar-refractivity contribution in [1.82, 2.24) is 15.5 Å². The number of nitrogens with zero attached hydrogens (tertiary/aromatic N) is 2. The van der Waals surface area contributed by atoms with Crippen molar-refractivity contribution >= 4 is 17.3 Å². The maximum atomic E-state index is 5.63. The van der Waals surface area contributed by atoms with E-state index in [1.165, 1.54) is 44.2 Å². The Morgan fingerprint density at radius 1 is 1.33 bits per heavy atom. The van der Waals surface area contributed by atoms with E-state index < -0.39 is 0 Å². The van der Waals surface area contributed by atoms with E-state index in [-0.39, 0.29) is 0 Å². The van der Waals surface area contributed by atoms with Gasteiger partial charge in [0.1, 0.15) is 0 Å². The molecule has 0 saturated heterocycles. The van der Waals surface area contributed by atoms with E-state index >= 15 is 0 Å². The number of thiophene rings is 1. The van der Waals surface area contributed by atoms with Crippen molar-refractivity contribution in [3.05, 3.63) is 21.9 Å². The van der Waals surface area contributed by atoms with Crippen LogP contribution in [0.2, 0.25) is 0 Å². The summed E-state index contributed by atoms with van der Waals surface area (Å²) in [7, 11) is 1.87. The van der Waals surface area contributed by atoms with Crippen molar-refractivity contribution in [1.29, 1.82) is 0 Å². The van der Waals surface area contributed by atoms with Crippen molar-refractivity contribution in [3.8, 4) is 0 Å². The zero-order valence-corrected chi connectivity index (χ0v) is 17.9. The van der Waals surface area contributed by atoms with Gasteiger partial charge in [0, 0.05) is 57.9 Å². The summed E-state index contributed by atoms with van der Waals surface area (Å²) in [5, 5.41) is 9.33. The quantitative estimate of drug-likeness (QED) is 0.385. The predicted octanol–water partition coefficient (Wildman–Crippen LogP) is 3.26. The molecule has 1 aliphatic carbocycles. The Bertz CT molecular complexity index is 595. The van der Waals surface area contributed by atoms with Gasteiger partial charge in [0.25, 0.3) is 0 Å². The third kappa shape index (κ3) is 5.93. The van der Waals surface area contributed by atoms with Crippen LogP contribution in [-0.2, 0) is 17.7 Å². The van der Waals surface area contributed by atoms with Crippen LogP contribution in [-0.4, -0.2) is 57.3 Å². The first-order valence-corrected chi connectivity index (χ1v) is 11.4. The lowest BCUT2D eigenvalue weighted by Crippen LogP contribution is -2.45. The number of hydrogen-bond donors (Lipinski definition) is 2. The molecule has 0 bridgehead atoms. The topological polar surface area (TPSA) is 48.9 Å². The molecule has 0 radical (unpaired) electrons. The van der Waals surface area contributed by atoms with E-state index in [9.17, 15) is 0 Å². The Labute approximate surface area is 168 Å². The van der Waals surface area contributed by atoms with E-state index in [0.717, 1.165) is 51.8 Å². The second-order valence-electron chi connectivity index (χ2n) is 7.90. The molecule has 2 aliphatic rings. The van der Waals surface area contributed by atoms with Crippen LogP contribution >= 0.6 is 11.3 Å². The fraction of sp³-hybridized carbons (Fsp3) is 0.762. The third-order valence-corrected chi connectivity index (χ3v) is 7.13. The number of ether oxygens (including phenoxy) is 1. The molecule has 152 valence electrons. The lowest BCUT2D eigenvalue weighted by molar-refractivity contribution is 0.105. The van der Waals surface area contributed by atoms with Gasteiger partial charge in [-0.1, -0.05) is 12.8 Å². The lowest BCUT2D eigenvalue weighted by Gasteiger charge is -2.30. The number of aliphatic imine (C=N–C) groups is 1. The summed E-state index contributed by atoms with van der Waals surface area (Å²) in [5.41, 5.74) is 1.90. The van der Waals surface area contributed by atoms with Gasteiger partial charge in [-0.05, 0) is 55.0 Å². The molecule has 2 heterocycles. The molecule has 1 aromatic rings. The highest BCUT2D eigenvalue weighted by Crippen LogP contribution is 2.40. The Balaban J connectivity index is 1.39. The monoisotopic (exact) mass is 392 g/mol. The van der Waals surface area contributed by atoms with Crippen LogP contribution in [0.15, 0.2) is 16.4 Å². The molecule has 0 atom stereocenters. The number of rotatable bonds is 9. The minimum absolute atomic E-state index is 0.384. The number of nitrogens with one attached hydrogen (secondary N) is 2. The van der Waals surface area contributed by atoms with Crippen molar-refractivity contribution < 1.29 is 4.74 Å². The Morgan fingerprint density at radius 3 is 2.96 bits per heavy atom. The van der Waals surface area contributed by atoms with Gasteiger partial charge in [-0.3, -0.25) is 9.89 Å². The van der Waals surface area contributed by atoms with Gasteiger partial charge in [-0.25, -0.2) is 0 Å². The van der Waals surface area contributed by atoms with Crippen LogP contribution in [0.25, 0.3) is 0 Å². The lowest BCUT2D eigenvalue weighted by atomic mass is 9.83. The van der Waals surface area contributed by atoms with Gasteiger partial charge in [-0.15, -0.1) is 11.3 Å². The summed E-state index contributed by atoms with van der Waals surface area (Å²) < 4.78 is 5.63. The molecule has 1 fully saturated rings. The Kier molecular flexibility index (Phi) is 7.97. The Hall–Kier alpha value is -1.11. The first-order chi connectivity index (χ1) is 13.2. The van der Waals surface area contributed by atoms with E-state index in [4.69, 9.17) is 4.74 Å². The zero-order valence-electron chi connectivity index (χ0n) is 17.1. The van der Waals surface area contributed by atoms with Gasteiger partial charge in [0.05, 0.1) is 0 Å². The molecule has 0 aromatic carbocycles. The first-order valence-electron chi connectivity index (χ1n) is 10.5. The molecule has 0 amide bonds. The maximum absolute atomic E-state index is 5.63. The molecule has 3 rings (SSSR count). The molecule has 6 heteroatoms. The number of guanidine groups is 1. The SMILES string of the molecule is CCOCCC1(CNC(=NC)NCCN2CCc3sccc3C2)CCCC1.